The van der Waals surface area contributed by atoms with E-state index in [9.17, 15) is 5.11 Å². The summed E-state index contributed by atoms with van der Waals surface area (Å²) in [4.78, 5) is 0. The van der Waals surface area contributed by atoms with Crippen molar-refractivity contribution in [2.75, 3.05) is 16.8 Å². The molecule has 0 atom stereocenters. The van der Waals surface area contributed by atoms with Crippen LogP contribution in [0.2, 0.25) is 5.02 Å². The van der Waals surface area contributed by atoms with Crippen molar-refractivity contribution in [3.63, 3.8) is 0 Å². The topological polar surface area (TPSA) is 84.3 Å². The molecule has 0 aliphatic heterocycles. The molecule has 0 radical (unpaired) electrons. The van der Waals surface area contributed by atoms with E-state index in [0.717, 1.165) is 5.69 Å². The molecule has 6 N–H and O–H groups in total. The van der Waals surface area contributed by atoms with Crippen LogP contribution in [0.5, 0.6) is 5.75 Å². The molecule has 0 aliphatic rings. The van der Waals surface area contributed by atoms with Crippen LogP contribution in [0, 0.1) is 6.92 Å². The van der Waals surface area contributed by atoms with Gasteiger partial charge in [-0.25, -0.2) is 0 Å². The summed E-state index contributed by atoms with van der Waals surface area (Å²) in [7, 11) is 0. The van der Waals surface area contributed by atoms with Gasteiger partial charge in [-0.2, -0.15) is 0 Å². The molecule has 0 fully saturated rings. The molecular weight excluding hydrogens is 250 g/mol. The summed E-state index contributed by atoms with van der Waals surface area (Å²) < 4.78 is 0. The fourth-order valence-electron chi connectivity index (χ4n) is 1.61. The Hall–Kier alpha value is -2.07. The van der Waals surface area contributed by atoms with Crippen LogP contribution in [0.3, 0.4) is 0 Å². The molecule has 0 unspecified atom stereocenters. The van der Waals surface area contributed by atoms with E-state index in [1.54, 1.807) is 25.1 Å². The van der Waals surface area contributed by atoms with Crippen LogP contribution in [-0.4, -0.2) is 5.11 Å². The molecule has 0 spiro atoms. The van der Waals surface area contributed by atoms with Crippen molar-refractivity contribution in [1.29, 1.82) is 0 Å². The Labute approximate surface area is 110 Å². The fraction of sp³-hybridized carbons (Fsp3) is 0.0769. The maximum Gasteiger partial charge on any atom is 0.139 e. The Bertz CT molecular complexity index is 582. The van der Waals surface area contributed by atoms with Gasteiger partial charge in [0, 0.05) is 11.4 Å². The molecule has 94 valence electrons. The predicted octanol–water partition coefficient (Wildman–Crippen LogP) is 3.26. The summed E-state index contributed by atoms with van der Waals surface area (Å²) in [5.74, 6) is 0.0111. The van der Waals surface area contributed by atoms with Crippen molar-refractivity contribution in [3.05, 3.63) is 40.9 Å². The summed E-state index contributed by atoms with van der Waals surface area (Å²) >= 11 is 5.94. The maximum atomic E-state index is 9.66. The molecule has 5 heteroatoms. The highest BCUT2D eigenvalue weighted by Crippen LogP contribution is 2.39. The van der Waals surface area contributed by atoms with Crippen molar-refractivity contribution < 1.29 is 5.11 Å². The molecule has 18 heavy (non-hydrogen) atoms. The average Bonchev–Trinajstić information content (AvgIpc) is 2.36. The molecule has 0 saturated heterocycles. The third-order valence-electron chi connectivity index (χ3n) is 2.66. The summed E-state index contributed by atoms with van der Waals surface area (Å²) in [5.41, 5.74) is 14.6. The Balaban J connectivity index is 2.38. The van der Waals surface area contributed by atoms with Gasteiger partial charge in [-0.1, -0.05) is 11.6 Å². The lowest BCUT2D eigenvalue weighted by Crippen LogP contribution is -1.98. The molecular formula is C13H14ClN3O. The molecule has 2 rings (SSSR count). The quantitative estimate of drug-likeness (QED) is 0.495. The highest BCUT2D eigenvalue weighted by Gasteiger charge is 2.11. The number of phenols is 1. The number of nitrogens with one attached hydrogen (secondary N) is 1. The second-order valence-electron chi connectivity index (χ2n) is 4.06. The molecule has 0 saturated carbocycles. The van der Waals surface area contributed by atoms with Gasteiger partial charge in [0.25, 0.3) is 0 Å². The number of rotatable bonds is 2. The maximum absolute atomic E-state index is 9.66. The van der Waals surface area contributed by atoms with Crippen molar-refractivity contribution in [1.82, 2.24) is 0 Å². The van der Waals surface area contributed by atoms with E-state index in [1.807, 2.05) is 12.1 Å². The number of anilines is 4. The molecule has 4 nitrogen and oxygen atoms in total. The van der Waals surface area contributed by atoms with E-state index in [-0.39, 0.29) is 10.8 Å². The van der Waals surface area contributed by atoms with E-state index >= 15 is 0 Å². The van der Waals surface area contributed by atoms with Gasteiger partial charge >= 0.3 is 0 Å². The number of aryl methyl sites for hydroxylation is 1. The zero-order chi connectivity index (χ0) is 13.3. The van der Waals surface area contributed by atoms with Crippen LogP contribution in [0.1, 0.15) is 5.56 Å². The third kappa shape index (κ3) is 2.28. The van der Waals surface area contributed by atoms with Crippen LogP contribution in [0.25, 0.3) is 0 Å². The zero-order valence-electron chi connectivity index (χ0n) is 9.87. The zero-order valence-corrected chi connectivity index (χ0v) is 10.6. The van der Waals surface area contributed by atoms with Gasteiger partial charge in [0.15, 0.2) is 0 Å². The lowest BCUT2D eigenvalue weighted by Gasteiger charge is -2.13. The lowest BCUT2D eigenvalue weighted by atomic mass is 10.1. The van der Waals surface area contributed by atoms with Gasteiger partial charge in [0.2, 0.25) is 0 Å². The number of nitrogens with two attached hydrogens (primary N) is 2. The Morgan fingerprint density at radius 1 is 1.17 bits per heavy atom. The summed E-state index contributed by atoms with van der Waals surface area (Å²) in [6, 6.07) is 8.99. The predicted molar refractivity (Wildman–Crippen MR) is 76.4 cm³/mol. The Kier molecular flexibility index (Phi) is 3.21. The normalized spacial score (nSPS) is 10.3. The Morgan fingerprint density at radius 3 is 2.39 bits per heavy atom. The lowest BCUT2D eigenvalue weighted by molar-refractivity contribution is 0.472. The van der Waals surface area contributed by atoms with Gasteiger partial charge in [-0.3, -0.25) is 0 Å². The van der Waals surface area contributed by atoms with Gasteiger partial charge in [-0.05, 0) is 42.8 Å². The minimum atomic E-state index is 0.0111. The molecule has 0 heterocycles. The van der Waals surface area contributed by atoms with Crippen molar-refractivity contribution in [3.8, 4) is 5.75 Å². The first-order valence-electron chi connectivity index (χ1n) is 5.39. The van der Waals surface area contributed by atoms with Gasteiger partial charge in [0.05, 0.1) is 11.4 Å². The van der Waals surface area contributed by atoms with E-state index < -0.39 is 0 Å². The smallest absolute Gasteiger partial charge is 0.139 e. The molecule has 2 aromatic rings. The van der Waals surface area contributed by atoms with Crippen LogP contribution in [0.4, 0.5) is 22.7 Å². The van der Waals surface area contributed by atoms with Crippen molar-refractivity contribution >= 4 is 34.4 Å². The van der Waals surface area contributed by atoms with Crippen LogP contribution in [-0.2, 0) is 0 Å². The SMILES string of the molecule is Cc1cc(Nc2ccc(N)cc2)c(N)c(Cl)c1O. The second-order valence-corrected chi connectivity index (χ2v) is 4.44. The van der Waals surface area contributed by atoms with E-state index in [4.69, 9.17) is 23.1 Å². The molecule has 2 aromatic carbocycles. The molecule has 0 aromatic heterocycles. The third-order valence-corrected chi connectivity index (χ3v) is 3.04. The monoisotopic (exact) mass is 263 g/mol. The highest BCUT2D eigenvalue weighted by atomic mass is 35.5. The number of benzene rings is 2. The van der Waals surface area contributed by atoms with Gasteiger partial charge in [-0.15, -0.1) is 0 Å². The first-order valence-corrected chi connectivity index (χ1v) is 5.77. The van der Waals surface area contributed by atoms with Crippen LogP contribution in [0.15, 0.2) is 30.3 Å². The number of hydrogen-bond acceptors (Lipinski definition) is 4. The number of nitrogen functional groups attached to an aromatic ring is 2. The molecule has 0 aliphatic carbocycles. The van der Waals surface area contributed by atoms with Gasteiger partial charge < -0.3 is 21.9 Å². The summed E-state index contributed by atoms with van der Waals surface area (Å²) in [6.07, 6.45) is 0. The molecule has 0 bridgehead atoms. The first kappa shape index (κ1) is 12.4. The summed E-state index contributed by atoms with van der Waals surface area (Å²) in [5, 5.41) is 13.0. The fourth-order valence-corrected chi connectivity index (χ4v) is 1.86. The minimum Gasteiger partial charge on any atom is -0.506 e. The average molecular weight is 264 g/mol. The first-order chi connectivity index (χ1) is 8.49. The number of hydrogen-bond donors (Lipinski definition) is 4. The van der Waals surface area contributed by atoms with E-state index in [1.165, 1.54) is 0 Å². The highest BCUT2D eigenvalue weighted by molar-refractivity contribution is 6.35. The number of halogens is 1. The van der Waals surface area contributed by atoms with E-state index in [0.29, 0.717) is 22.6 Å². The standard InChI is InChI=1S/C13H14ClN3O/c1-7-6-10(12(16)11(14)13(7)18)17-9-4-2-8(15)3-5-9/h2-6,17-18H,15-16H2,1H3. The van der Waals surface area contributed by atoms with Crippen molar-refractivity contribution in [2.45, 2.75) is 6.92 Å². The van der Waals surface area contributed by atoms with Crippen LogP contribution < -0.4 is 16.8 Å². The number of phenolic OH excluding ortho intramolecular Hbond substituents is 1. The van der Waals surface area contributed by atoms with E-state index in [2.05, 4.69) is 5.32 Å². The second kappa shape index (κ2) is 4.66. The molecule has 0 amide bonds. The van der Waals surface area contributed by atoms with Gasteiger partial charge in [0.1, 0.15) is 10.8 Å². The summed E-state index contributed by atoms with van der Waals surface area (Å²) in [6.45, 7) is 1.76. The largest absolute Gasteiger partial charge is 0.506 e. The van der Waals surface area contributed by atoms with Crippen LogP contribution >= 0.6 is 11.6 Å². The Morgan fingerprint density at radius 2 is 1.78 bits per heavy atom. The number of aromatic hydroxyl groups is 1. The minimum absolute atomic E-state index is 0.0111. The van der Waals surface area contributed by atoms with Crippen molar-refractivity contribution in [2.24, 2.45) is 0 Å².